The first-order valence-electron chi connectivity index (χ1n) is 13.9. The van der Waals surface area contributed by atoms with Gasteiger partial charge in [-0.1, -0.05) is 90.1 Å². The van der Waals surface area contributed by atoms with Crippen LogP contribution in [-0.2, 0) is 27.8 Å². The van der Waals surface area contributed by atoms with Crippen molar-refractivity contribution in [2.45, 2.75) is 44.9 Å². The predicted molar refractivity (Wildman–Crippen MR) is 156 cm³/mol. The zero-order chi connectivity index (χ0) is 27.5. The summed E-state index contributed by atoms with van der Waals surface area (Å²) in [6, 6.07) is 33.2. The minimum atomic E-state index is -0.450. The quantitative estimate of drug-likeness (QED) is 0.186. The van der Waals surface area contributed by atoms with Crippen LogP contribution in [0.2, 0.25) is 0 Å². The molecule has 1 saturated carbocycles. The van der Waals surface area contributed by atoms with Crippen LogP contribution >= 0.6 is 0 Å². The van der Waals surface area contributed by atoms with E-state index in [1.165, 1.54) is 5.56 Å². The lowest BCUT2D eigenvalue weighted by Crippen LogP contribution is -2.23. The largest absolute Gasteiger partial charge is 0.465 e. The maximum Gasteiger partial charge on any atom is 0.316 e. The molecule has 1 fully saturated rings. The Hall–Kier alpha value is -4.51. The van der Waals surface area contributed by atoms with Crippen molar-refractivity contribution in [3.8, 4) is 22.5 Å². The molecule has 3 aromatic carbocycles. The lowest BCUT2D eigenvalue weighted by atomic mass is 9.93. The Morgan fingerprint density at radius 1 is 0.800 bits per heavy atom. The van der Waals surface area contributed by atoms with Gasteiger partial charge in [0, 0.05) is 35.4 Å². The highest BCUT2D eigenvalue weighted by molar-refractivity contribution is 5.87. The summed E-state index contributed by atoms with van der Waals surface area (Å²) < 4.78 is 11.1. The molecule has 0 aliphatic heterocycles. The number of carbonyl (C=O) groups excluding carboxylic acids is 1. The molecule has 5 heteroatoms. The monoisotopic (exact) mass is 528 g/mol. The number of pyridine rings is 1. The zero-order valence-corrected chi connectivity index (χ0v) is 22.9. The maximum atomic E-state index is 12.5. The van der Waals surface area contributed by atoms with Gasteiger partial charge >= 0.3 is 5.97 Å². The molecule has 0 unspecified atom stereocenters. The Kier molecular flexibility index (Phi) is 7.04. The van der Waals surface area contributed by atoms with Crippen molar-refractivity contribution in [2.75, 3.05) is 6.61 Å². The molecule has 0 atom stereocenters. The third kappa shape index (κ3) is 5.20. The van der Waals surface area contributed by atoms with Crippen LogP contribution in [0.25, 0.3) is 22.5 Å². The molecular formula is C35H32N2O3. The van der Waals surface area contributed by atoms with Crippen molar-refractivity contribution in [3.63, 3.8) is 0 Å². The fourth-order valence-electron chi connectivity index (χ4n) is 5.34. The molecule has 0 saturated heterocycles. The van der Waals surface area contributed by atoms with Crippen molar-refractivity contribution < 1.29 is 14.1 Å². The number of benzene rings is 3. The van der Waals surface area contributed by atoms with E-state index in [-0.39, 0.29) is 5.97 Å². The highest BCUT2D eigenvalue weighted by Crippen LogP contribution is 2.49. The van der Waals surface area contributed by atoms with E-state index in [1.807, 2.05) is 19.9 Å². The minimum absolute atomic E-state index is 0.108. The molecule has 1 aliphatic rings. The predicted octanol–water partition coefficient (Wildman–Crippen LogP) is 7.49. The van der Waals surface area contributed by atoms with Crippen LogP contribution in [0.15, 0.2) is 102 Å². The van der Waals surface area contributed by atoms with E-state index >= 15 is 0 Å². The van der Waals surface area contributed by atoms with Gasteiger partial charge in [0.1, 0.15) is 0 Å². The van der Waals surface area contributed by atoms with Gasteiger partial charge in [-0.25, -0.2) is 0 Å². The van der Waals surface area contributed by atoms with Gasteiger partial charge in [-0.3, -0.25) is 9.78 Å². The molecule has 5 aromatic rings. The van der Waals surface area contributed by atoms with E-state index < -0.39 is 5.41 Å². The van der Waals surface area contributed by atoms with Crippen molar-refractivity contribution in [3.05, 3.63) is 131 Å². The molecule has 2 heterocycles. The first-order valence-corrected chi connectivity index (χ1v) is 13.9. The summed E-state index contributed by atoms with van der Waals surface area (Å²) in [4.78, 5) is 17.4. The smallest absolute Gasteiger partial charge is 0.316 e. The molecule has 0 bridgehead atoms. The Balaban J connectivity index is 1.19. The van der Waals surface area contributed by atoms with Gasteiger partial charge in [0.25, 0.3) is 0 Å². The first-order chi connectivity index (χ1) is 19.6. The molecule has 2 aromatic heterocycles. The summed E-state index contributed by atoms with van der Waals surface area (Å²) in [7, 11) is 0. The number of hydrogen-bond donors (Lipinski definition) is 0. The Morgan fingerprint density at radius 2 is 1.43 bits per heavy atom. The van der Waals surface area contributed by atoms with E-state index in [4.69, 9.17) is 14.2 Å². The molecule has 0 amide bonds. The Labute approximate surface area is 234 Å². The van der Waals surface area contributed by atoms with Gasteiger partial charge in [-0.15, -0.1) is 0 Å². The highest BCUT2D eigenvalue weighted by Gasteiger charge is 2.52. The summed E-state index contributed by atoms with van der Waals surface area (Å²) in [5.74, 6) is 0.670. The van der Waals surface area contributed by atoms with Crippen molar-refractivity contribution in [1.82, 2.24) is 10.1 Å². The summed E-state index contributed by atoms with van der Waals surface area (Å²) in [6.45, 7) is 4.24. The average Bonchev–Trinajstić information content (AvgIpc) is 3.73. The first kappa shape index (κ1) is 25.8. The highest BCUT2D eigenvalue weighted by atomic mass is 16.5. The van der Waals surface area contributed by atoms with Gasteiger partial charge in [0.2, 0.25) is 0 Å². The van der Waals surface area contributed by atoms with Crippen LogP contribution in [0, 0.1) is 6.92 Å². The Morgan fingerprint density at radius 3 is 2.08 bits per heavy atom. The Bertz CT molecular complexity index is 1620. The normalized spacial score (nSPS) is 13.7. The standard InChI is InChI=1S/C35H32N2O3/c1-3-39-34(38)35(20-21-35)29-18-16-27(17-19-29)26-12-14-28(15-13-26)33-32(24(2)37-40-33)23-31-11-7-10-30(36-31)22-25-8-5-4-6-9-25/h4-19H,3,20-23H2,1-2H3. The van der Waals surface area contributed by atoms with Crippen molar-refractivity contribution in [2.24, 2.45) is 0 Å². The minimum Gasteiger partial charge on any atom is -0.465 e. The van der Waals surface area contributed by atoms with Gasteiger partial charge in [0.15, 0.2) is 5.76 Å². The molecule has 0 spiro atoms. The van der Waals surface area contributed by atoms with Gasteiger partial charge < -0.3 is 9.26 Å². The van der Waals surface area contributed by atoms with Crippen LogP contribution in [0.3, 0.4) is 0 Å². The zero-order valence-electron chi connectivity index (χ0n) is 22.9. The lowest BCUT2D eigenvalue weighted by Gasteiger charge is -2.14. The van der Waals surface area contributed by atoms with Crippen LogP contribution in [0.1, 0.15) is 53.5 Å². The second kappa shape index (κ2) is 10.9. The van der Waals surface area contributed by atoms with Crippen molar-refractivity contribution >= 4 is 5.97 Å². The number of esters is 1. The summed E-state index contributed by atoms with van der Waals surface area (Å²) in [5.41, 5.74) is 8.98. The number of ether oxygens (including phenoxy) is 1. The molecule has 0 radical (unpaired) electrons. The number of aryl methyl sites for hydroxylation is 1. The molecular weight excluding hydrogens is 496 g/mol. The van der Waals surface area contributed by atoms with Crippen LogP contribution in [0.4, 0.5) is 0 Å². The third-order valence-electron chi connectivity index (χ3n) is 7.77. The van der Waals surface area contributed by atoms with E-state index in [0.29, 0.717) is 13.0 Å². The molecule has 1 aliphatic carbocycles. The number of hydrogen-bond acceptors (Lipinski definition) is 5. The van der Waals surface area contributed by atoms with Crippen molar-refractivity contribution in [1.29, 1.82) is 0 Å². The number of aromatic nitrogens is 2. The molecule has 5 nitrogen and oxygen atoms in total. The third-order valence-corrected chi connectivity index (χ3v) is 7.77. The SMILES string of the molecule is CCOC(=O)C1(c2ccc(-c3ccc(-c4onc(C)c4Cc4cccc(Cc5ccccc5)n4)cc3)cc2)CC1. The van der Waals surface area contributed by atoms with Gasteiger partial charge in [-0.05, 0) is 61.1 Å². The molecule has 0 N–H and O–H groups in total. The fraction of sp³-hybridized carbons (Fsp3) is 0.229. The maximum absolute atomic E-state index is 12.5. The fourth-order valence-corrected chi connectivity index (χ4v) is 5.34. The second-order valence-electron chi connectivity index (χ2n) is 10.5. The summed E-state index contributed by atoms with van der Waals surface area (Å²) in [5, 5.41) is 4.29. The lowest BCUT2D eigenvalue weighted by molar-refractivity contribution is -0.146. The van der Waals surface area contributed by atoms with E-state index in [1.54, 1.807) is 0 Å². The van der Waals surface area contributed by atoms with E-state index in [2.05, 4.69) is 96.2 Å². The molecule has 200 valence electrons. The second-order valence-corrected chi connectivity index (χ2v) is 10.5. The van der Waals surface area contributed by atoms with E-state index in [9.17, 15) is 4.79 Å². The molecule has 40 heavy (non-hydrogen) atoms. The molecule has 6 rings (SSSR count). The number of rotatable bonds is 9. The van der Waals surface area contributed by atoms with Gasteiger partial charge in [0.05, 0.1) is 17.7 Å². The number of carbonyl (C=O) groups is 1. The van der Waals surface area contributed by atoms with Crippen LogP contribution in [-0.4, -0.2) is 22.7 Å². The van der Waals surface area contributed by atoms with Gasteiger partial charge in [-0.2, -0.15) is 0 Å². The summed E-state index contributed by atoms with van der Waals surface area (Å²) >= 11 is 0. The van der Waals surface area contributed by atoms with Crippen LogP contribution < -0.4 is 0 Å². The number of nitrogens with zero attached hydrogens (tertiary/aromatic N) is 2. The van der Waals surface area contributed by atoms with Crippen LogP contribution in [0.5, 0.6) is 0 Å². The topological polar surface area (TPSA) is 65.2 Å². The average molecular weight is 529 g/mol. The van der Waals surface area contributed by atoms with E-state index in [0.717, 1.165) is 69.9 Å². The summed E-state index contributed by atoms with van der Waals surface area (Å²) in [6.07, 6.45) is 3.16.